The first kappa shape index (κ1) is 29.4. The van der Waals surface area contributed by atoms with Gasteiger partial charge in [-0.15, -0.1) is 21.5 Å². The van der Waals surface area contributed by atoms with Crippen molar-refractivity contribution >= 4 is 23.2 Å². The van der Waals surface area contributed by atoms with Gasteiger partial charge in [-0.1, -0.05) is 12.1 Å². The third kappa shape index (κ3) is 6.45. The highest BCUT2D eigenvalue weighted by Crippen LogP contribution is 2.35. The molecule has 0 saturated carbocycles. The molecular weight excluding hydrogens is 588 g/mol. The van der Waals surface area contributed by atoms with E-state index < -0.39 is 6.04 Å². The Labute approximate surface area is 257 Å². The third-order valence-corrected chi connectivity index (χ3v) is 8.31. The molecule has 0 radical (unpaired) electrons. The standard InChI is InChI=1S/C30H32N6O7S/c1-39-22-10-8-20(14-24(22)40-2)29-32-34-36(33-29)17-27(37)35(16-19-7-9-23-25(13-19)43-18-42-23)28(26-6-4-12-44-26)30(38)31-15-21-5-3-11-41-21/h4,6-10,12-14,21,28H,3,5,11,15-18H2,1-2H3,(H,31,38)/t21-,28-/m0/s1. The summed E-state index contributed by atoms with van der Waals surface area (Å²) in [5.74, 6) is 1.94. The van der Waals surface area contributed by atoms with Crippen LogP contribution in [-0.4, -0.2) is 77.2 Å². The van der Waals surface area contributed by atoms with Crippen molar-refractivity contribution in [1.82, 2.24) is 30.4 Å². The van der Waals surface area contributed by atoms with Gasteiger partial charge in [-0.2, -0.15) is 4.80 Å². The molecule has 1 N–H and O–H groups in total. The SMILES string of the molecule is COc1ccc(-c2nnn(CC(=O)N(Cc3ccc4c(c3)OCO4)[C@H](C(=O)NC[C@@H]3CCCO3)c3cccs3)n2)cc1OC. The number of aromatic nitrogens is 4. The van der Waals surface area contributed by atoms with E-state index in [2.05, 4.69) is 20.7 Å². The van der Waals surface area contributed by atoms with Crippen LogP contribution in [0.15, 0.2) is 53.9 Å². The number of fused-ring (bicyclic) bond motifs is 1. The second-order valence-electron chi connectivity index (χ2n) is 10.2. The summed E-state index contributed by atoms with van der Waals surface area (Å²) in [7, 11) is 3.10. The smallest absolute Gasteiger partial charge is 0.248 e. The fourth-order valence-electron chi connectivity index (χ4n) is 5.16. The minimum atomic E-state index is -0.900. The molecule has 0 bridgehead atoms. The number of nitrogens with zero attached hydrogens (tertiary/aromatic N) is 5. The molecule has 2 amide bonds. The molecule has 2 aliphatic rings. The van der Waals surface area contributed by atoms with Crippen LogP contribution < -0.4 is 24.3 Å². The van der Waals surface area contributed by atoms with Crippen molar-refractivity contribution in [3.05, 3.63) is 64.4 Å². The Kier molecular flexibility index (Phi) is 8.89. The van der Waals surface area contributed by atoms with Crippen molar-refractivity contribution in [1.29, 1.82) is 0 Å². The van der Waals surface area contributed by atoms with Crippen LogP contribution in [0.3, 0.4) is 0 Å². The van der Waals surface area contributed by atoms with E-state index in [-0.39, 0.29) is 37.8 Å². The monoisotopic (exact) mass is 620 g/mol. The second kappa shape index (κ2) is 13.3. The van der Waals surface area contributed by atoms with Crippen LogP contribution in [0.1, 0.15) is 29.3 Å². The molecule has 0 aliphatic carbocycles. The number of tetrazole rings is 1. The minimum absolute atomic E-state index is 0.0460. The van der Waals surface area contributed by atoms with E-state index in [9.17, 15) is 9.59 Å². The molecule has 230 valence electrons. The molecular formula is C30H32N6O7S. The molecule has 0 unspecified atom stereocenters. The molecule has 6 rings (SSSR count). The Morgan fingerprint density at radius 3 is 2.75 bits per heavy atom. The number of carbonyl (C=O) groups is 2. The zero-order chi connectivity index (χ0) is 30.5. The summed E-state index contributed by atoms with van der Waals surface area (Å²) in [6.07, 6.45) is 1.79. The molecule has 1 saturated heterocycles. The number of amides is 2. The van der Waals surface area contributed by atoms with Crippen molar-refractivity contribution in [2.45, 2.75) is 38.1 Å². The van der Waals surface area contributed by atoms with Crippen LogP contribution in [0.2, 0.25) is 0 Å². The molecule has 2 aliphatic heterocycles. The Hall–Kier alpha value is -4.69. The number of methoxy groups -OCH3 is 2. The highest BCUT2D eigenvalue weighted by Gasteiger charge is 2.34. The molecule has 1 fully saturated rings. The van der Waals surface area contributed by atoms with Crippen LogP contribution in [0.4, 0.5) is 0 Å². The van der Waals surface area contributed by atoms with E-state index in [0.29, 0.717) is 47.5 Å². The number of rotatable bonds is 12. The van der Waals surface area contributed by atoms with E-state index in [1.165, 1.54) is 21.0 Å². The first-order valence-corrected chi connectivity index (χ1v) is 15.0. The summed E-state index contributed by atoms with van der Waals surface area (Å²) in [5.41, 5.74) is 1.41. The van der Waals surface area contributed by atoms with Crippen LogP contribution in [0.5, 0.6) is 23.0 Å². The van der Waals surface area contributed by atoms with Gasteiger partial charge in [0.25, 0.3) is 0 Å². The predicted molar refractivity (Wildman–Crippen MR) is 159 cm³/mol. The van der Waals surface area contributed by atoms with Crippen LogP contribution >= 0.6 is 11.3 Å². The predicted octanol–water partition coefficient (Wildman–Crippen LogP) is 3.21. The lowest BCUT2D eigenvalue weighted by molar-refractivity contribution is -0.142. The normalized spacial score (nSPS) is 16.0. The Morgan fingerprint density at radius 1 is 1.11 bits per heavy atom. The van der Waals surface area contributed by atoms with Crippen LogP contribution in [0, 0.1) is 0 Å². The maximum atomic E-state index is 14.1. The highest BCUT2D eigenvalue weighted by atomic mass is 32.1. The average Bonchev–Trinajstić information content (AvgIpc) is 3.87. The largest absolute Gasteiger partial charge is 0.493 e. The van der Waals surface area contributed by atoms with Gasteiger partial charge in [0, 0.05) is 30.1 Å². The third-order valence-electron chi connectivity index (χ3n) is 7.38. The topological polar surface area (TPSA) is 139 Å². The number of ether oxygens (including phenoxy) is 5. The van der Waals surface area contributed by atoms with Gasteiger partial charge in [-0.05, 0) is 65.4 Å². The maximum Gasteiger partial charge on any atom is 0.248 e. The van der Waals surface area contributed by atoms with Gasteiger partial charge in [-0.25, -0.2) is 0 Å². The summed E-state index contributed by atoms with van der Waals surface area (Å²) in [5, 5.41) is 17.6. The average molecular weight is 621 g/mol. The van der Waals surface area contributed by atoms with Crippen LogP contribution in [0.25, 0.3) is 11.4 Å². The van der Waals surface area contributed by atoms with Gasteiger partial charge < -0.3 is 33.9 Å². The molecule has 14 heteroatoms. The molecule has 4 aromatic rings. The zero-order valence-electron chi connectivity index (χ0n) is 24.3. The van der Waals surface area contributed by atoms with E-state index in [1.54, 1.807) is 38.5 Å². The first-order valence-electron chi connectivity index (χ1n) is 14.1. The summed E-state index contributed by atoms with van der Waals surface area (Å²) in [6.45, 7) is 1.06. The fraction of sp³-hybridized carbons (Fsp3) is 0.367. The number of nitrogens with one attached hydrogen (secondary N) is 1. The Balaban J connectivity index is 1.28. The minimum Gasteiger partial charge on any atom is -0.493 e. The fourth-order valence-corrected chi connectivity index (χ4v) is 5.99. The van der Waals surface area contributed by atoms with E-state index in [1.807, 2.05) is 29.6 Å². The Morgan fingerprint density at radius 2 is 1.98 bits per heavy atom. The van der Waals surface area contributed by atoms with E-state index in [0.717, 1.165) is 23.3 Å². The number of hydrogen-bond acceptors (Lipinski definition) is 11. The quantitative estimate of drug-likeness (QED) is 0.251. The number of thiophene rings is 1. The van der Waals surface area contributed by atoms with Gasteiger partial charge in [-0.3, -0.25) is 9.59 Å². The number of benzene rings is 2. The summed E-state index contributed by atoms with van der Waals surface area (Å²) in [4.78, 5) is 31.4. The lowest BCUT2D eigenvalue weighted by Crippen LogP contribution is -2.45. The lowest BCUT2D eigenvalue weighted by atomic mass is 10.1. The molecule has 0 spiro atoms. The number of hydrogen-bond donors (Lipinski definition) is 1. The Bertz CT molecular complexity index is 1610. The molecule has 13 nitrogen and oxygen atoms in total. The maximum absolute atomic E-state index is 14.1. The molecule has 44 heavy (non-hydrogen) atoms. The van der Waals surface area contributed by atoms with Gasteiger partial charge >= 0.3 is 0 Å². The second-order valence-corrected chi connectivity index (χ2v) is 11.2. The van der Waals surface area contributed by atoms with Crippen molar-refractivity contribution in [3.63, 3.8) is 0 Å². The molecule has 4 heterocycles. The first-order chi connectivity index (χ1) is 21.5. The molecule has 2 aromatic heterocycles. The van der Waals surface area contributed by atoms with E-state index in [4.69, 9.17) is 23.7 Å². The lowest BCUT2D eigenvalue weighted by Gasteiger charge is -2.31. The van der Waals surface area contributed by atoms with Gasteiger partial charge in [0.05, 0.1) is 20.3 Å². The number of carbonyl (C=O) groups excluding carboxylic acids is 2. The van der Waals surface area contributed by atoms with Gasteiger partial charge in [0.1, 0.15) is 12.6 Å². The van der Waals surface area contributed by atoms with Crippen LogP contribution in [-0.2, 0) is 27.4 Å². The zero-order valence-corrected chi connectivity index (χ0v) is 25.1. The summed E-state index contributed by atoms with van der Waals surface area (Å²) >= 11 is 1.40. The van der Waals surface area contributed by atoms with Gasteiger partial charge in [0.2, 0.25) is 24.4 Å². The highest BCUT2D eigenvalue weighted by molar-refractivity contribution is 7.10. The van der Waals surface area contributed by atoms with Crippen molar-refractivity contribution in [2.24, 2.45) is 0 Å². The summed E-state index contributed by atoms with van der Waals surface area (Å²) in [6, 6.07) is 13.5. The van der Waals surface area contributed by atoms with Gasteiger partial charge in [0.15, 0.2) is 23.0 Å². The molecule has 2 aromatic carbocycles. The van der Waals surface area contributed by atoms with E-state index >= 15 is 0 Å². The summed E-state index contributed by atoms with van der Waals surface area (Å²) < 4.78 is 27.4. The molecule has 2 atom stereocenters. The van der Waals surface area contributed by atoms with Crippen molar-refractivity contribution in [2.75, 3.05) is 34.2 Å². The van der Waals surface area contributed by atoms with Crippen molar-refractivity contribution in [3.8, 4) is 34.4 Å². The van der Waals surface area contributed by atoms with Crippen molar-refractivity contribution < 1.29 is 33.3 Å².